The van der Waals surface area contributed by atoms with E-state index in [4.69, 9.17) is 20.8 Å². The molecule has 35 heavy (non-hydrogen) atoms. The largest absolute Gasteiger partial charge is 0.338 e. The fraction of sp³-hybridized carbons (Fsp3) is 0.207. The highest BCUT2D eigenvalue weighted by Crippen LogP contribution is 2.39. The molecule has 0 unspecified atom stereocenters. The number of aromatic nitrogens is 4. The molecule has 2 N–H and O–H groups in total. The number of nitrogens with two attached hydrogens (primary N) is 1. The number of hydrogen-bond acceptors (Lipinski definition) is 5. The highest BCUT2D eigenvalue weighted by atomic mass is 15.4. The van der Waals surface area contributed by atoms with E-state index >= 15 is 0 Å². The van der Waals surface area contributed by atoms with E-state index < -0.39 is 0 Å². The number of benzene rings is 3. The van der Waals surface area contributed by atoms with Crippen molar-refractivity contribution >= 4 is 11.7 Å². The lowest BCUT2D eigenvalue weighted by Crippen LogP contribution is -2.43. The molecule has 1 aliphatic carbocycles. The van der Waals surface area contributed by atoms with Gasteiger partial charge in [-0.15, -0.1) is 5.10 Å². The Balaban J connectivity index is 1.41. The summed E-state index contributed by atoms with van der Waals surface area (Å²) in [4.78, 5) is 11.8. The highest BCUT2D eigenvalue weighted by Gasteiger charge is 2.34. The van der Waals surface area contributed by atoms with Gasteiger partial charge in [0.2, 0.25) is 5.95 Å². The van der Waals surface area contributed by atoms with Crippen molar-refractivity contribution < 1.29 is 0 Å². The lowest BCUT2D eigenvalue weighted by Gasteiger charge is -2.38. The van der Waals surface area contributed by atoms with Crippen LogP contribution in [0.3, 0.4) is 0 Å². The van der Waals surface area contributed by atoms with Crippen LogP contribution < -0.4 is 10.6 Å². The zero-order valence-electron chi connectivity index (χ0n) is 19.8. The summed E-state index contributed by atoms with van der Waals surface area (Å²) >= 11 is 0. The van der Waals surface area contributed by atoms with Crippen LogP contribution in [0.4, 0.5) is 5.95 Å². The van der Waals surface area contributed by atoms with E-state index in [1.165, 1.54) is 17.5 Å². The van der Waals surface area contributed by atoms with Crippen LogP contribution in [0.25, 0.3) is 28.2 Å². The van der Waals surface area contributed by atoms with Gasteiger partial charge in [-0.25, -0.2) is 9.50 Å². The van der Waals surface area contributed by atoms with Gasteiger partial charge < -0.3 is 10.6 Å². The smallest absolute Gasteiger partial charge is 0.254 e. The summed E-state index contributed by atoms with van der Waals surface area (Å²) in [7, 11) is 2.00. The Morgan fingerprint density at radius 1 is 0.857 bits per heavy atom. The molecule has 174 valence electrons. The van der Waals surface area contributed by atoms with Gasteiger partial charge in [0, 0.05) is 36.5 Å². The Kier molecular flexibility index (Phi) is 5.30. The summed E-state index contributed by atoms with van der Waals surface area (Å²) in [6.07, 6.45) is 5.32. The summed E-state index contributed by atoms with van der Waals surface area (Å²) in [6.45, 7) is 0.721. The molecule has 2 heterocycles. The first kappa shape index (κ1) is 21.5. The van der Waals surface area contributed by atoms with Gasteiger partial charge in [0.1, 0.15) is 0 Å². The van der Waals surface area contributed by atoms with Gasteiger partial charge in [-0.3, -0.25) is 0 Å². The van der Waals surface area contributed by atoms with E-state index in [2.05, 4.69) is 48.5 Å². The second kappa shape index (κ2) is 8.64. The highest BCUT2D eigenvalue weighted by molar-refractivity contribution is 5.81. The minimum atomic E-state index is -0.177. The predicted octanol–water partition coefficient (Wildman–Crippen LogP) is 5.43. The van der Waals surface area contributed by atoms with Gasteiger partial charge in [0.25, 0.3) is 5.78 Å². The fourth-order valence-electron chi connectivity index (χ4n) is 4.76. The van der Waals surface area contributed by atoms with Crippen molar-refractivity contribution in [2.75, 3.05) is 11.9 Å². The average Bonchev–Trinajstić information content (AvgIpc) is 3.31. The molecule has 0 bridgehead atoms. The summed E-state index contributed by atoms with van der Waals surface area (Å²) in [5.74, 6) is 1.22. The van der Waals surface area contributed by atoms with Gasteiger partial charge in [-0.1, -0.05) is 84.9 Å². The van der Waals surface area contributed by atoms with E-state index in [0.29, 0.717) is 11.7 Å². The molecule has 0 saturated heterocycles. The molecular formula is C29H28N6. The van der Waals surface area contributed by atoms with Crippen molar-refractivity contribution in [2.24, 2.45) is 5.73 Å². The zero-order valence-corrected chi connectivity index (χ0v) is 19.8. The molecule has 1 fully saturated rings. The molecule has 0 spiro atoms. The molecule has 6 rings (SSSR count). The SMILES string of the molecule is CN(Cc1ccccc1)c1nc2nc(-c3ccc(C4(N)CCC4)cc3)c(-c3ccccc3)cn2n1. The molecule has 0 amide bonds. The van der Waals surface area contributed by atoms with Crippen molar-refractivity contribution in [1.29, 1.82) is 0 Å². The van der Waals surface area contributed by atoms with Gasteiger partial charge >= 0.3 is 0 Å². The molecule has 1 saturated carbocycles. The van der Waals surface area contributed by atoms with Crippen LogP contribution in [-0.2, 0) is 12.1 Å². The zero-order chi connectivity index (χ0) is 23.8. The third kappa shape index (κ3) is 4.06. The molecule has 3 aromatic carbocycles. The van der Waals surface area contributed by atoms with Crippen LogP contribution in [0.15, 0.2) is 91.1 Å². The average molecular weight is 461 g/mol. The topological polar surface area (TPSA) is 72.3 Å². The lowest BCUT2D eigenvalue weighted by atomic mass is 9.72. The minimum Gasteiger partial charge on any atom is -0.338 e. The maximum atomic E-state index is 6.55. The molecule has 0 aliphatic heterocycles. The second-order valence-corrected chi connectivity index (χ2v) is 9.45. The van der Waals surface area contributed by atoms with Crippen LogP contribution in [-0.4, -0.2) is 26.6 Å². The van der Waals surface area contributed by atoms with Crippen LogP contribution in [0, 0.1) is 0 Å². The van der Waals surface area contributed by atoms with Crippen LogP contribution in [0.2, 0.25) is 0 Å². The first-order valence-corrected chi connectivity index (χ1v) is 12.1. The van der Waals surface area contributed by atoms with Gasteiger partial charge in [0.05, 0.1) is 5.69 Å². The van der Waals surface area contributed by atoms with Crippen molar-refractivity contribution in [3.05, 3.63) is 102 Å². The number of anilines is 1. The van der Waals surface area contributed by atoms with E-state index in [9.17, 15) is 0 Å². The Hall–Kier alpha value is -4.03. The van der Waals surface area contributed by atoms with Crippen LogP contribution in [0.1, 0.15) is 30.4 Å². The summed E-state index contributed by atoms with van der Waals surface area (Å²) in [5, 5.41) is 4.75. The maximum absolute atomic E-state index is 6.55. The van der Waals surface area contributed by atoms with E-state index in [0.717, 1.165) is 41.8 Å². The van der Waals surface area contributed by atoms with Gasteiger partial charge in [-0.2, -0.15) is 4.98 Å². The van der Waals surface area contributed by atoms with Crippen LogP contribution in [0.5, 0.6) is 0 Å². The number of rotatable bonds is 6. The predicted molar refractivity (Wildman–Crippen MR) is 140 cm³/mol. The van der Waals surface area contributed by atoms with Gasteiger partial charge in [-0.05, 0) is 36.0 Å². The summed E-state index contributed by atoms with van der Waals surface area (Å²) in [6, 6.07) is 29.2. The monoisotopic (exact) mass is 460 g/mol. The Labute approximate surface area is 205 Å². The van der Waals surface area contributed by atoms with Crippen molar-refractivity contribution in [3.63, 3.8) is 0 Å². The number of nitrogens with zero attached hydrogens (tertiary/aromatic N) is 5. The van der Waals surface area contributed by atoms with Crippen LogP contribution >= 0.6 is 0 Å². The van der Waals surface area contributed by atoms with Gasteiger partial charge in [0.15, 0.2) is 0 Å². The Morgan fingerprint density at radius 3 is 2.20 bits per heavy atom. The molecule has 0 radical (unpaired) electrons. The first-order chi connectivity index (χ1) is 17.1. The summed E-state index contributed by atoms with van der Waals surface area (Å²) < 4.78 is 1.78. The molecule has 5 aromatic rings. The molecule has 2 aromatic heterocycles. The lowest BCUT2D eigenvalue weighted by molar-refractivity contribution is 0.253. The van der Waals surface area contributed by atoms with E-state index in [1.807, 2.05) is 54.5 Å². The van der Waals surface area contributed by atoms with Crippen molar-refractivity contribution in [2.45, 2.75) is 31.3 Å². The number of fused-ring (bicyclic) bond motifs is 1. The Bertz CT molecular complexity index is 1450. The quantitative estimate of drug-likeness (QED) is 0.366. The maximum Gasteiger partial charge on any atom is 0.254 e. The van der Waals surface area contributed by atoms with E-state index in [-0.39, 0.29) is 5.54 Å². The number of hydrogen-bond donors (Lipinski definition) is 1. The minimum absolute atomic E-state index is 0.177. The third-order valence-electron chi connectivity index (χ3n) is 6.99. The summed E-state index contributed by atoms with van der Waals surface area (Å²) in [5.41, 5.74) is 12.8. The molecule has 6 heteroatoms. The first-order valence-electron chi connectivity index (χ1n) is 12.1. The third-order valence-corrected chi connectivity index (χ3v) is 6.99. The molecule has 6 nitrogen and oxygen atoms in total. The molecule has 0 atom stereocenters. The molecular weight excluding hydrogens is 432 g/mol. The normalized spacial score (nSPS) is 14.6. The standard InChI is InChI=1S/C29H28N6/c1-34(19-21-9-4-2-5-10-21)28-32-27-31-26(23-13-15-24(16-14-23)29(30)17-8-18-29)25(20-35(27)33-28)22-11-6-3-7-12-22/h2-7,9-16,20H,8,17-19,30H2,1H3. The van der Waals surface area contributed by atoms with E-state index in [1.54, 1.807) is 4.52 Å². The Morgan fingerprint density at radius 2 is 1.54 bits per heavy atom. The van der Waals surface area contributed by atoms with Crippen molar-refractivity contribution in [3.8, 4) is 22.4 Å². The second-order valence-electron chi connectivity index (χ2n) is 9.45. The molecule has 1 aliphatic rings. The fourth-order valence-corrected chi connectivity index (χ4v) is 4.76. The van der Waals surface area contributed by atoms with Crippen molar-refractivity contribution in [1.82, 2.24) is 19.6 Å².